The van der Waals surface area contributed by atoms with Crippen LogP contribution in [0.2, 0.25) is 0 Å². The van der Waals surface area contributed by atoms with Gasteiger partial charge in [-0.3, -0.25) is 0 Å². The predicted octanol–water partition coefficient (Wildman–Crippen LogP) is 1.11. The Bertz CT molecular complexity index is 322. The van der Waals surface area contributed by atoms with E-state index >= 15 is 0 Å². The molecule has 0 fully saturated rings. The van der Waals surface area contributed by atoms with Crippen LogP contribution in [0.3, 0.4) is 0 Å². The first-order chi connectivity index (χ1) is 5.29. The van der Waals surface area contributed by atoms with Gasteiger partial charge in [-0.2, -0.15) is 0 Å². The summed E-state index contributed by atoms with van der Waals surface area (Å²) in [5.74, 6) is 0.562. The fraction of sp³-hybridized carbons (Fsp3) is 0.125. The standard InChI is InChI=1S/C8H9N3.ClH/c9-7-2-1-6-5(7)3-4-11-8(6)10;/h1-4,7H,9H2,(H2,10,11);1H. The van der Waals surface area contributed by atoms with Crippen LogP contribution in [0.5, 0.6) is 0 Å². The van der Waals surface area contributed by atoms with Crippen molar-refractivity contribution in [3.63, 3.8) is 0 Å². The van der Waals surface area contributed by atoms with Crippen LogP contribution in [-0.2, 0) is 0 Å². The minimum absolute atomic E-state index is 0. The monoisotopic (exact) mass is 183 g/mol. The summed E-state index contributed by atoms with van der Waals surface area (Å²) in [5, 5.41) is 0. The molecule has 1 atom stereocenters. The lowest BCUT2D eigenvalue weighted by Crippen LogP contribution is -2.05. The van der Waals surface area contributed by atoms with Gasteiger partial charge in [-0.15, -0.1) is 12.4 Å². The van der Waals surface area contributed by atoms with Gasteiger partial charge >= 0.3 is 0 Å². The Morgan fingerprint density at radius 1 is 1.42 bits per heavy atom. The van der Waals surface area contributed by atoms with Gasteiger partial charge in [0.1, 0.15) is 5.82 Å². The van der Waals surface area contributed by atoms with E-state index in [9.17, 15) is 0 Å². The lowest BCUT2D eigenvalue weighted by atomic mass is 10.1. The molecule has 1 aromatic heterocycles. The summed E-state index contributed by atoms with van der Waals surface area (Å²) < 4.78 is 0. The summed E-state index contributed by atoms with van der Waals surface area (Å²) in [5.41, 5.74) is 13.4. The summed E-state index contributed by atoms with van der Waals surface area (Å²) in [7, 11) is 0. The van der Waals surface area contributed by atoms with Gasteiger partial charge < -0.3 is 11.5 Å². The number of nitrogens with zero attached hydrogens (tertiary/aromatic N) is 1. The number of aromatic nitrogens is 1. The van der Waals surface area contributed by atoms with Gasteiger partial charge in [-0.1, -0.05) is 12.2 Å². The highest BCUT2D eigenvalue weighted by Crippen LogP contribution is 2.28. The summed E-state index contributed by atoms with van der Waals surface area (Å²) in [6.45, 7) is 0. The quantitative estimate of drug-likeness (QED) is 0.634. The zero-order valence-corrected chi connectivity index (χ0v) is 7.21. The number of halogens is 1. The maximum absolute atomic E-state index is 5.75. The van der Waals surface area contributed by atoms with Gasteiger partial charge in [0.2, 0.25) is 0 Å². The van der Waals surface area contributed by atoms with Gasteiger partial charge in [0.15, 0.2) is 0 Å². The van der Waals surface area contributed by atoms with E-state index in [0.717, 1.165) is 11.1 Å². The topological polar surface area (TPSA) is 64.9 Å². The predicted molar refractivity (Wildman–Crippen MR) is 51.9 cm³/mol. The van der Waals surface area contributed by atoms with Crippen LogP contribution in [0, 0.1) is 0 Å². The first-order valence-corrected chi connectivity index (χ1v) is 3.47. The highest BCUT2D eigenvalue weighted by Gasteiger charge is 2.14. The number of pyridine rings is 1. The smallest absolute Gasteiger partial charge is 0.130 e. The second-order valence-electron chi connectivity index (χ2n) is 2.58. The zero-order chi connectivity index (χ0) is 7.84. The molecule has 3 nitrogen and oxygen atoms in total. The van der Waals surface area contributed by atoms with Crippen LogP contribution in [0.1, 0.15) is 17.2 Å². The van der Waals surface area contributed by atoms with E-state index in [4.69, 9.17) is 11.5 Å². The molecule has 1 aromatic rings. The first kappa shape index (κ1) is 9.03. The highest BCUT2D eigenvalue weighted by molar-refractivity contribution is 5.85. The minimum atomic E-state index is -0.00435. The van der Waals surface area contributed by atoms with Crippen molar-refractivity contribution in [2.45, 2.75) is 6.04 Å². The Balaban J connectivity index is 0.000000720. The molecule has 0 bridgehead atoms. The molecule has 0 aliphatic heterocycles. The highest BCUT2D eigenvalue weighted by atomic mass is 35.5. The molecule has 4 heteroatoms. The number of hydrogen-bond acceptors (Lipinski definition) is 3. The first-order valence-electron chi connectivity index (χ1n) is 3.47. The van der Waals surface area contributed by atoms with E-state index in [0.29, 0.717) is 5.82 Å². The Labute approximate surface area is 76.9 Å². The molecule has 1 aliphatic carbocycles. The number of anilines is 1. The summed E-state index contributed by atoms with van der Waals surface area (Å²) >= 11 is 0. The van der Waals surface area contributed by atoms with Crippen molar-refractivity contribution >= 4 is 24.3 Å². The molecular weight excluding hydrogens is 174 g/mol. The molecule has 0 saturated heterocycles. The van der Waals surface area contributed by atoms with Crippen LogP contribution in [0.4, 0.5) is 5.82 Å². The zero-order valence-electron chi connectivity index (χ0n) is 6.40. The third-order valence-corrected chi connectivity index (χ3v) is 1.88. The summed E-state index contributed by atoms with van der Waals surface area (Å²) in [6.07, 6.45) is 5.52. The van der Waals surface area contributed by atoms with Gasteiger partial charge in [0, 0.05) is 17.8 Å². The van der Waals surface area contributed by atoms with E-state index in [-0.39, 0.29) is 18.4 Å². The molecule has 2 rings (SSSR count). The van der Waals surface area contributed by atoms with Crippen molar-refractivity contribution in [3.05, 3.63) is 29.5 Å². The fourth-order valence-electron chi connectivity index (χ4n) is 1.28. The van der Waals surface area contributed by atoms with Crippen LogP contribution in [-0.4, -0.2) is 4.98 Å². The van der Waals surface area contributed by atoms with Crippen LogP contribution < -0.4 is 11.5 Å². The van der Waals surface area contributed by atoms with Crippen molar-refractivity contribution in [3.8, 4) is 0 Å². The van der Waals surface area contributed by atoms with Crippen LogP contribution >= 0.6 is 12.4 Å². The molecule has 0 amide bonds. The summed E-state index contributed by atoms with van der Waals surface area (Å²) in [4.78, 5) is 3.96. The van der Waals surface area contributed by atoms with Gasteiger partial charge in [-0.25, -0.2) is 4.98 Å². The average Bonchev–Trinajstić information content (AvgIpc) is 2.35. The maximum atomic E-state index is 5.75. The molecular formula is C8H10ClN3. The molecule has 1 heterocycles. The Kier molecular flexibility index (Phi) is 2.35. The molecule has 1 unspecified atom stereocenters. The van der Waals surface area contributed by atoms with E-state index < -0.39 is 0 Å². The fourth-order valence-corrected chi connectivity index (χ4v) is 1.28. The number of hydrogen-bond donors (Lipinski definition) is 2. The lowest BCUT2D eigenvalue weighted by Gasteiger charge is -2.04. The number of rotatable bonds is 0. The van der Waals surface area contributed by atoms with Gasteiger partial charge in [-0.05, 0) is 11.6 Å². The van der Waals surface area contributed by atoms with Crippen molar-refractivity contribution in [1.29, 1.82) is 0 Å². The molecule has 0 saturated carbocycles. The molecule has 0 spiro atoms. The maximum Gasteiger partial charge on any atom is 0.130 e. The Morgan fingerprint density at radius 2 is 2.17 bits per heavy atom. The number of nitrogen functional groups attached to an aromatic ring is 1. The third-order valence-electron chi connectivity index (χ3n) is 1.88. The Hall–Kier alpha value is -1.06. The molecule has 1 aliphatic rings. The molecule has 0 radical (unpaired) electrons. The minimum Gasteiger partial charge on any atom is -0.383 e. The molecule has 0 aromatic carbocycles. The van der Waals surface area contributed by atoms with E-state index in [1.165, 1.54) is 0 Å². The Morgan fingerprint density at radius 3 is 2.83 bits per heavy atom. The van der Waals surface area contributed by atoms with Crippen LogP contribution in [0.15, 0.2) is 18.3 Å². The number of nitrogens with two attached hydrogens (primary N) is 2. The van der Waals surface area contributed by atoms with Gasteiger partial charge in [0.05, 0.1) is 0 Å². The van der Waals surface area contributed by atoms with Crippen molar-refractivity contribution in [1.82, 2.24) is 4.98 Å². The average molecular weight is 184 g/mol. The van der Waals surface area contributed by atoms with E-state index in [2.05, 4.69) is 4.98 Å². The van der Waals surface area contributed by atoms with Crippen molar-refractivity contribution in [2.75, 3.05) is 5.73 Å². The third kappa shape index (κ3) is 1.17. The molecule has 64 valence electrons. The van der Waals surface area contributed by atoms with Gasteiger partial charge in [0.25, 0.3) is 0 Å². The number of fused-ring (bicyclic) bond motifs is 1. The SMILES string of the molecule is Cl.Nc1nccc2c1C=CC2N. The van der Waals surface area contributed by atoms with E-state index in [1.54, 1.807) is 6.20 Å². The lowest BCUT2D eigenvalue weighted by molar-refractivity contribution is 0.927. The van der Waals surface area contributed by atoms with Crippen molar-refractivity contribution < 1.29 is 0 Å². The largest absolute Gasteiger partial charge is 0.383 e. The second-order valence-corrected chi connectivity index (χ2v) is 2.58. The summed E-state index contributed by atoms with van der Waals surface area (Å²) in [6, 6.07) is 1.89. The van der Waals surface area contributed by atoms with E-state index in [1.807, 2.05) is 18.2 Å². The molecule has 4 N–H and O–H groups in total. The second kappa shape index (κ2) is 3.13. The van der Waals surface area contributed by atoms with Crippen LogP contribution in [0.25, 0.3) is 6.08 Å². The normalized spacial score (nSPS) is 18.6. The molecule has 12 heavy (non-hydrogen) atoms. The van der Waals surface area contributed by atoms with Crippen molar-refractivity contribution in [2.24, 2.45) is 5.73 Å².